The Morgan fingerprint density at radius 3 is 3.00 bits per heavy atom. The van der Waals surface area contributed by atoms with E-state index in [1.165, 1.54) is 36.8 Å². The van der Waals surface area contributed by atoms with E-state index in [0.29, 0.717) is 0 Å². The molecule has 1 aliphatic carbocycles. The summed E-state index contributed by atoms with van der Waals surface area (Å²) in [7, 11) is 1.98. The lowest BCUT2D eigenvalue weighted by Crippen LogP contribution is -2.12. The molecule has 1 N–H and O–H groups in total. The quantitative estimate of drug-likeness (QED) is 0.768. The average Bonchev–Trinajstić information content (AvgIpc) is 2.35. The molecular formula is C14H21NO. The van der Waals surface area contributed by atoms with Gasteiger partial charge < -0.3 is 10.1 Å². The minimum absolute atomic E-state index is 0.817. The van der Waals surface area contributed by atoms with Gasteiger partial charge in [0.1, 0.15) is 5.75 Å². The molecule has 1 aromatic rings. The van der Waals surface area contributed by atoms with Crippen LogP contribution in [0, 0.1) is 0 Å². The predicted molar refractivity (Wildman–Crippen MR) is 67.1 cm³/mol. The number of hydrogen-bond donors (Lipinski definition) is 1. The average molecular weight is 219 g/mol. The predicted octanol–water partition coefficient (Wildman–Crippen LogP) is 2.55. The summed E-state index contributed by atoms with van der Waals surface area (Å²) in [5.41, 5.74) is 2.95. The van der Waals surface area contributed by atoms with Crippen molar-refractivity contribution in [3.8, 4) is 5.75 Å². The summed E-state index contributed by atoms with van der Waals surface area (Å²) in [5, 5.41) is 3.14. The zero-order valence-corrected chi connectivity index (χ0v) is 10.1. The maximum absolute atomic E-state index is 5.87. The van der Waals surface area contributed by atoms with E-state index in [4.69, 9.17) is 4.74 Å². The van der Waals surface area contributed by atoms with Crippen molar-refractivity contribution >= 4 is 0 Å². The molecule has 2 heteroatoms. The second-order valence-electron chi connectivity index (χ2n) is 4.41. The summed E-state index contributed by atoms with van der Waals surface area (Å²) in [6, 6.07) is 6.48. The van der Waals surface area contributed by atoms with Crippen molar-refractivity contribution in [3.63, 3.8) is 0 Å². The smallest absolute Gasteiger partial charge is 0.122 e. The Hall–Kier alpha value is -1.02. The Kier molecular flexibility index (Phi) is 4.23. The second kappa shape index (κ2) is 5.90. The van der Waals surface area contributed by atoms with Crippen molar-refractivity contribution in [3.05, 3.63) is 29.3 Å². The molecule has 1 aromatic carbocycles. The molecule has 2 nitrogen and oxygen atoms in total. The van der Waals surface area contributed by atoms with Gasteiger partial charge in [0.25, 0.3) is 0 Å². The molecule has 2 rings (SSSR count). The van der Waals surface area contributed by atoms with E-state index < -0.39 is 0 Å². The van der Waals surface area contributed by atoms with Gasteiger partial charge in [-0.1, -0.05) is 12.1 Å². The first kappa shape index (κ1) is 11.5. The molecule has 0 heterocycles. The summed E-state index contributed by atoms with van der Waals surface area (Å²) in [6.07, 6.45) is 6.13. The van der Waals surface area contributed by atoms with Gasteiger partial charge in [0.15, 0.2) is 0 Å². The van der Waals surface area contributed by atoms with E-state index in [1.807, 2.05) is 7.05 Å². The van der Waals surface area contributed by atoms with Gasteiger partial charge >= 0.3 is 0 Å². The molecule has 0 radical (unpaired) electrons. The Morgan fingerprint density at radius 2 is 2.12 bits per heavy atom. The normalized spacial score (nSPS) is 14.6. The van der Waals surface area contributed by atoms with Crippen molar-refractivity contribution in [2.24, 2.45) is 0 Å². The summed E-state index contributed by atoms with van der Waals surface area (Å²) >= 11 is 0. The molecule has 0 bridgehead atoms. The van der Waals surface area contributed by atoms with E-state index in [1.54, 1.807) is 0 Å². The zero-order chi connectivity index (χ0) is 11.2. The lowest BCUT2D eigenvalue weighted by molar-refractivity contribution is 0.305. The van der Waals surface area contributed by atoms with E-state index in [0.717, 1.165) is 25.3 Å². The highest BCUT2D eigenvalue weighted by Crippen LogP contribution is 2.29. The molecular weight excluding hydrogens is 198 g/mol. The third kappa shape index (κ3) is 2.76. The van der Waals surface area contributed by atoms with Crippen LogP contribution in [0.1, 0.15) is 30.4 Å². The van der Waals surface area contributed by atoms with Crippen LogP contribution in [0.5, 0.6) is 5.75 Å². The fourth-order valence-electron chi connectivity index (χ4n) is 2.31. The van der Waals surface area contributed by atoms with Gasteiger partial charge in [-0.3, -0.25) is 0 Å². The Labute approximate surface area is 98.0 Å². The fraction of sp³-hybridized carbons (Fsp3) is 0.571. The van der Waals surface area contributed by atoms with Gasteiger partial charge in [0.05, 0.1) is 6.61 Å². The van der Waals surface area contributed by atoms with Gasteiger partial charge in [-0.15, -0.1) is 0 Å². The second-order valence-corrected chi connectivity index (χ2v) is 4.41. The molecule has 16 heavy (non-hydrogen) atoms. The first-order valence-electron chi connectivity index (χ1n) is 6.30. The summed E-state index contributed by atoms with van der Waals surface area (Å²) < 4.78 is 5.87. The van der Waals surface area contributed by atoms with Crippen molar-refractivity contribution in [2.45, 2.75) is 32.1 Å². The van der Waals surface area contributed by atoms with Gasteiger partial charge in [0, 0.05) is 0 Å². The van der Waals surface area contributed by atoms with E-state index >= 15 is 0 Å². The molecule has 0 fully saturated rings. The lowest BCUT2D eigenvalue weighted by atomic mass is 9.91. The highest BCUT2D eigenvalue weighted by atomic mass is 16.5. The van der Waals surface area contributed by atoms with Gasteiger partial charge in [-0.2, -0.15) is 0 Å². The van der Waals surface area contributed by atoms with Crippen molar-refractivity contribution in [2.75, 3.05) is 20.2 Å². The number of nitrogens with one attached hydrogen (secondary N) is 1. The third-order valence-electron chi connectivity index (χ3n) is 3.18. The maximum atomic E-state index is 5.87. The van der Waals surface area contributed by atoms with E-state index in [9.17, 15) is 0 Å². The topological polar surface area (TPSA) is 21.3 Å². The molecule has 0 aliphatic heterocycles. The zero-order valence-electron chi connectivity index (χ0n) is 10.1. The largest absolute Gasteiger partial charge is 0.493 e. The molecule has 0 aromatic heterocycles. The summed E-state index contributed by atoms with van der Waals surface area (Å²) in [6.45, 7) is 1.84. The molecule has 0 spiro atoms. The fourth-order valence-corrected chi connectivity index (χ4v) is 2.31. The van der Waals surface area contributed by atoms with Crippen LogP contribution in [-0.2, 0) is 12.8 Å². The molecule has 1 aliphatic rings. The van der Waals surface area contributed by atoms with Gasteiger partial charge in [0.2, 0.25) is 0 Å². The number of hydrogen-bond acceptors (Lipinski definition) is 2. The number of aryl methyl sites for hydroxylation is 1. The van der Waals surface area contributed by atoms with Crippen molar-refractivity contribution in [1.29, 1.82) is 0 Å². The highest BCUT2D eigenvalue weighted by molar-refractivity contribution is 5.41. The Balaban J connectivity index is 1.97. The first-order valence-corrected chi connectivity index (χ1v) is 6.30. The highest BCUT2D eigenvalue weighted by Gasteiger charge is 2.13. The van der Waals surface area contributed by atoms with Crippen LogP contribution < -0.4 is 10.1 Å². The summed E-state index contributed by atoms with van der Waals surface area (Å²) in [4.78, 5) is 0. The SMILES string of the molecule is CNCCCOc1cccc2c1CCCC2. The molecule has 0 saturated carbocycles. The van der Waals surface area contributed by atoms with Crippen LogP contribution in [0.25, 0.3) is 0 Å². The van der Waals surface area contributed by atoms with Crippen molar-refractivity contribution in [1.82, 2.24) is 5.32 Å². The third-order valence-corrected chi connectivity index (χ3v) is 3.18. The van der Waals surface area contributed by atoms with Gasteiger partial charge in [-0.05, 0) is 62.9 Å². The monoisotopic (exact) mass is 219 g/mol. The minimum atomic E-state index is 0.817. The number of rotatable bonds is 5. The minimum Gasteiger partial charge on any atom is -0.493 e. The van der Waals surface area contributed by atoms with Crippen LogP contribution in [0.15, 0.2) is 18.2 Å². The number of benzene rings is 1. The molecule has 0 amide bonds. The molecule has 0 atom stereocenters. The molecule has 0 saturated heterocycles. The number of fused-ring (bicyclic) bond motifs is 1. The van der Waals surface area contributed by atoms with Crippen molar-refractivity contribution < 1.29 is 4.74 Å². The van der Waals surface area contributed by atoms with E-state index in [2.05, 4.69) is 23.5 Å². The van der Waals surface area contributed by atoms with Crippen LogP contribution in [0.4, 0.5) is 0 Å². The first-order chi connectivity index (χ1) is 7.92. The lowest BCUT2D eigenvalue weighted by Gasteiger charge is -2.19. The maximum Gasteiger partial charge on any atom is 0.122 e. The Bertz CT molecular complexity index is 336. The summed E-state index contributed by atoms with van der Waals surface area (Å²) in [5.74, 6) is 1.12. The number of ether oxygens (including phenoxy) is 1. The standard InChI is InChI=1S/C14H21NO/c1-15-10-5-11-16-14-9-4-7-12-6-2-3-8-13(12)14/h4,7,9,15H,2-3,5-6,8,10-11H2,1H3. The van der Waals surface area contributed by atoms with Crippen LogP contribution in [0.3, 0.4) is 0 Å². The van der Waals surface area contributed by atoms with Crippen LogP contribution in [0.2, 0.25) is 0 Å². The van der Waals surface area contributed by atoms with Gasteiger partial charge in [-0.25, -0.2) is 0 Å². The van der Waals surface area contributed by atoms with Crippen LogP contribution >= 0.6 is 0 Å². The van der Waals surface area contributed by atoms with Crippen LogP contribution in [-0.4, -0.2) is 20.2 Å². The molecule has 0 unspecified atom stereocenters. The van der Waals surface area contributed by atoms with E-state index in [-0.39, 0.29) is 0 Å². The Morgan fingerprint density at radius 1 is 1.25 bits per heavy atom. The molecule has 88 valence electrons.